The molecule has 1 unspecified atom stereocenters. The van der Waals surface area contributed by atoms with Crippen molar-refractivity contribution in [1.29, 1.82) is 0 Å². The Hall–Kier alpha value is -2.92. The summed E-state index contributed by atoms with van der Waals surface area (Å²) in [6.45, 7) is 7.39. The maximum Gasteiger partial charge on any atom is 0.306 e. The maximum atomic E-state index is 12.5. The fourth-order valence-electron chi connectivity index (χ4n) is 5.01. The molecule has 0 aromatic heterocycles. The molecule has 0 heterocycles. The number of allylic oxidation sites excluding steroid dienone is 14. The Morgan fingerprint density at radius 1 is 0.460 bits per heavy atom. The highest BCUT2D eigenvalue weighted by molar-refractivity contribution is 5.70. The van der Waals surface area contributed by atoms with Gasteiger partial charge in [0.15, 0.2) is 6.10 Å². The van der Waals surface area contributed by atoms with Crippen LogP contribution in [0.1, 0.15) is 162 Å². The highest BCUT2D eigenvalue weighted by atomic mass is 16.6. The summed E-state index contributed by atoms with van der Waals surface area (Å²) in [4.78, 5) is 24.9. The van der Waals surface area contributed by atoms with Crippen molar-refractivity contribution in [2.75, 3.05) is 19.8 Å². The van der Waals surface area contributed by atoms with Gasteiger partial charge in [-0.1, -0.05) is 157 Å². The molecule has 284 valence electrons. The van der Waals surface area contributed by atoms with E-state index < -0.39 is 6.10 Å². The van der Waals surface area contributed by atoms with E-state index in [1.165, 1.54) is 38.5 Å². The zero-order valence-electron chi connectivity index (χ0n) is 32.4. The van der Waals surface area contributed by atoms with Gasteiger partial charge in [0.25, 0.3) is 0 Å². The Balaban J connectivity index is 4.23. The van der Waals surface area contributed by atoms with E-state index in [2.05, 4.69) is 99.8 Å². The summed E-state index contributed by atoms with van der Waals surface area (Å²) in [5.74, 6) is -0.520. The average molecular weight is 695 g/mol. The van der Waals surface area contributed by atoms with Crippen LogP contribution in [0.4, 0.5) is 0 Å². The van der Waals surface area contributed by atoms with Crippen molar-refractivity contribution >= 4 is 11.9 Å². The lowest BCUT2D eigenvalue weighted by Crippen LogP contribution is -2.30. The lowest BCUT2D eigenvalue weighted by molar-refractivity contribution is -0.162. The molecular weight excluding hydrogens is 620 g/mol. The van der Waals surface area contributed by atoms with Crippen LogP contribution in [0.15, 0.2) is 85.1 Å². The Morgan fingerprint density at radius 3 is 1.52 bits per heavy atom. The average Bonchev–Trinajstić information content (AvgIpc) is 3.11. The Kier molecular flexibility index (Phi) is 38.1. The van der Waals surface area contributed by atoms with Crippen molar-refractivity contribution in [3.05, 3.63) is 85.1 Å². The maximum absolute atomic E-state index is 12.5. The number of ether oxygens (including phenoxy) is 3. The van der Waals surface area contributed by atoms with Crippen molar-refractivity contribution < 1.29 is 23.8 Å². The number of esters is 2. The zero-order chi connectivity index (χ0) is 36.4. The summed E-state index contributed by atoms with van der Waals surface area (Å²) in [5, 5.41) is 0. The first-order valence-corrected chi connectivity index (χ1v) is 20.1. The molecule has 5 nitrogen and oxygen atoms in total. The molecule has 0 fully saturated rings. The van der Waals surface area contributed by atoms with Gasteiger partial charge in [-0.2, -0.15) is 0 Å². The molecule has 0 rings (SSSR count). The van der Waals surface area contributed by atoms with Gasteiger partial charge in [-0.25, -0.2) is 0 Å². The molecular formula is C45H74O5. The Bertz CT molecular complexity index is 968. The first-order valence-electron chi connectivity index (χ1n) is 20.1. The van der Waals surface area contributed by atoms with Gasteiger partial charge in [-0.05, 0) is 77.0 Å². The van der Waals surface area contributed by atoms with Crippen LogP contribution in [0.2, 0.25) is 0 Å². The smallest absolute Gasteiger partial charge is 0.306 e. The molecule has 0 aromatic rings. The summed E-state index contributed by atoms with van der Waals surface area (Å²) in [6.07, 6.45) is 51.9. The monoisotopic (exact) mass is 695 g/mol. The fraction of sp³-hybridized carbons (Fsp3) is 0.644. The minimum Gasteiger partial charge on any atom is -0.462 e. The SMILES string of the molecule is CC/C=C\C/C=C\C/C=C\C/C=C\CCC(=O)OCC(COCCCCCCCC/C=C\C/C=C\C/C=C\CC)OC(=O)CCCCCCC. The molecule has 0 saturated carbocycles. The minimum atomic E-state index is -0.569. The molecule has 0 spiro atoms. The second-order valence-corrected chi connectivity index (χ2v) is 12.8. The van der Waals surface area contributed by atoms with Crippen LogP contribution < -0.4 is 0 Å². The lowest BCUT2D eigenvalue weighted by atomic mass is 10.1. The van der Waals surface area contributed by atoms with Crippen molar-refractivity contribution in [2.24, 2.45) is 0 Å². The minimum absolute atomic E-state index is 0.0374. The van der Waals surface area contributed by atoms with E-state index in [1.54, 1.807) is 0 Å². The standard InChI is InChI=1S/C45H74O5/c1-4-7-10-13-15-17-19-21-22-23-25-27-29-31-34-37-40-48-41-43(50-45(47)39-36-32-12-9-6-3)42-49-44(46)38-35-33-30-28-26-24-20-18-16-14-11-8-5-2/h7-8,10-11,15-18,21-22,24,26,30,33,43H,4-6,9,12-14,19-20,23,25,27-29,31-32,34-42H2,1-3H3/b10-7-,11-8-,17-15-,18-16-,22-21-,26-24-,33-30-. The third-order valence-corrected chi connectivity index (χ3v) is 7.94. The van der Waals surface area contributed by atoms with Crippen LogP contribution >= 0.6 is 0 Å². The van der Waals surface area contributed by atoms with Crippen LogP contribution in [-0.2, 0) is 23.8 Å². The van der Waals surface area contributed by atoms with Crippen molar-refractivity contribution in [3.63, 3.8) is 0 Å². The summed E-state index contributed by atoms with van der Waals surface area (Å²) in [7, 11) is 0. The van der Waals surface area contributed by atoms with E-state index in [0.717, 1.165) is 83.5 Å². The molecule has 0 amide bonds. The Morgan fingerprint density at radius 2 is 0.940 bits per heavy atom. The first-order chi connectivity index (χ1) is 24.6. The third kappa shape index (κ3) is 37.9. The molecule has 5 heteroatoms. The van der Waals surface area contributed by atoms with Gasteiger partial charge >= 0.3 is 11.9 Å². The number of hydrogen-bond acceptors (Lipinski definition) is 5. The molecule has 0 saturated heterocycles. The van der Waals surface area contributed by atoms with Crippen molar-refractivity contribution in [2.45, 2.75) is 168 Å². The molecule has 0 aliphatic rings. The van der Waals surface area contributed by atoms with E-state index in [4.69, 9.17) is 14.2 Å². The predicted octanol–water partition coefficient (Wildman–Crippen LogP) is 13.0. The predicted molar refractivity (Wildman–Crippen MR) is 214 cm³/mol. The van der Waals surface area contributed by atoms with Gasteiger partial charge in [-0.3, -0.25) is 9.59 Å². The molecule has 0 bridgehead atoms. The topological polar surface area (TPSA) is 61.8 Å². The molecule has 1 atom stereocenters. The van der Waals surface area contributed by atoms with E-state index in [9.17, 15) is 9.59 Å². The largest absolute Gasteiger partial charge is 0.462 e. The molecule has 0 aromatic carbocycles. The zero-order valence-corrected chi connectivity index (χ0v) is 32.4. The summed E-state index contributed by atoms with van der Waals surface area (Å²) >= 11 is 0. The molecule has 0 radical (unpaired) electrons. The lowest BCUT2D eigenvalue weighted by Gasteiger charge is -2.18. The van der Waals surface area contributed by atoms with Gasteiger partial charge in [0, 0.05) is 19.4 Å². The van der Waals surface area contributed by atoms with E-state index >= 15 is 0 Å². The van der Waals surface area contributed by atoms with E-state index in [0.29, 0.717) is 25.9 Å². The molecule has 0 aliphatic heterocycles. The fourth-order valence-corrected chi connectivity index (χ4v) is 5.01. The molecule has 50 heavy (non-hydrogen) atoms. The van der Waals surface area contributed by atoms with Gasteiger partial charge in [-0.15, -0.1) is 0 Å². The third-order valence-electron chi connectivity index (χ3n) is 7.94. The highest BCUT2D eigenvalue weighted by Gasteiger charge is 2.17. The van der Waals surface area contributed by atoms with Gasteiger partial charge in [0.1, 0.15) is 6.61 Å². The van der Waals surface area contributed by atoms with Crippen LogP contribution in [0.3, 0.4) is 0 Å². The first kappa shape index (κ1) is 47.1. The van der Waals surface area contributed by atoms with Crippen molar-refractivity contribution in [3.8, 4) is 0 Å². The van der Waals surface area contributed by atoms with E-state index in [1.807, 2.05) is 6.08 Å². The van der Waals surface area contributed by atoms with Crippen LogP contribution in [0, 0.1) is 0 Å². The normalized spacial score (nSPS) is 13.1. The van der Waals surface area contributed by atoms with Crippen molar-refractivity contribution in [1.82, 2.24) is 0 Å². The summed E-state index contributed by atoms with van der Waals surface area (Å²) < 4.78 is 17.0. The quantitative estimate of drug-likeness (QED) is 0.0375. The number of unbranched alkanes of at least 4 members (excludes halogenated alkanes) is 10. The molecule has 0 N–H and O–H groups in total. The second-order valence-electron chi connectivity index (χ2n) is 12.8. The van der Waals surface area contributed by atoms with Gasteiger partial charge < -0.3 is 14.2 Å². The van der Waals surface area contributed by atoms with Crippen LogP contribution in [0.5, 0.6) is 0 Å². The number of carbonyl (C=O) groups excluding carboxylic acids is 2. The highest BCUT2D eigenvalue weighted by Crippen LogP contribution is 2.10. The summed E-state index contributed by atoms with van der Waals surface area (Å²) in [6, 6.07) is 0. The Labute approximate surface area is 308 Å². The van der Waals surface area contributed by atoms with E-state index in [-0.39, 0.29) is 25.2 Å². The number of carbonyl (C=O) groups is 2. The second kappa shape index (κ2) is 40.5. The van der Waals surface area contributed by atoms with Gasteiger partial charge in [0.2, 0.25) is 0 Å². The van der Waals surface area contributed by atoms with Gasteiger partial charge in [0.05, 0.1) is 6.61 Å². The van der Waals surface area contributed by atoms with Crippen LogP contribution in [0.25, 0.3) is 0 Å². The number of hydrogen-bond donors (Lipinski definition) is 0. The molecule has 0 aliphatic carbocycles. The number of rotatable bonds is 35. The summed E-state index contributed by atoms with van der Waals surface area (Å²) in [5.41, 5.74) is 0. The van der Waals surface area contributed by atoms with Crippen LogP contribution in [-0.4, -0.2) is 37.9 Å².